The van der Waals surface area contributed by atoms with E-state index in [-0.39, 0.29) is 11.7 Å². The summed E-state index contributed by atoms with van der Waals surface area (Å²) < 4.78 is 38.1. The highest BCUT2D eigenvalue weighted by atomic mass is 19.4. The van der Waals surface area contributed by atoms with Gasteiger partial charge in [-0.05, 0) is 18.9 Å². The van der Waals surface area contributed by atoms with Crippen molar-refractivity contribution in [3.05, 3.63) is 18.0 Å². The van der Waals surface area contributed by atoms with Crippen LogP contribution in [0.4, 0.5) is 13.2 Å². The number of hydrogen-bond acceptors (Lipinski definition) is 2. The monoisotopic (exact) mass is 250 g/mol. The molecule has 0 saturated heterocycles. The van der Waals surface area contributed by atoms with Crippen molar-refractivity contribution in [1.29, 1.82) is 0 Å². The molecule has 1 heterocycles. The number of aliphatic hydroxyl groups is 1. The van der Waals surface area contributed by atoms with Crippen LogP contribution < -0.4 is 0 Å². The Balaban J connectivity index is 2.69. The normalized spacial score (nSPS) is 14.3. The fraction of sp³-hybridized carbons (Fsp3) is 0.727. The van der Waals surface area contributed by atoms with Crippen LogP contribution in [0.1, 0.15) is 38.4 Å². The molecule has 0 aliphatic heterocycles. The molecule has 0 aliphatic carbocycles. The highest BCUT2D eigenvalue weighted by molar-refractivity contribution is 5.02. The SMILES string of the molecule is CCC(CC)n1ccc(C[C@H](O)C(F)(F)F)n1. The molecular weight excluding hydrogens is 233 g/mol. The maximum absolute atomic E-state index is 12.1. The summed E-state index contributed by atoms with van der Waals surface area (Å²) in [5.41, 5.74) is 0.265. The number of rotatable bonds is 5. The average molecular weight is 250 g/mol. The Bertz CT molecular complexity index is 345. The van der Waals surface area contributed by atoms with Crippen LogP contribution in [0.5, 0.6) is 0 Å². The zero-order valence-electron chi connectivity index (χ0n) is 9.91. The molecule has 98 valence electrons. The van der Waals surface area contributed by atoms with Crippen molar-refractivity contribution < 1.29 is 18.3 Å². The van der Waals surface area contributed by atoms with Gasteiger partial charge in [0.2, 0.25) is 0 Å². The van der Waals surface area contributed by atoms with Crippen molar-refractivity contribution in [2.45, 2.75) is 51.4 Å². The largest absolute Gasteiger partial charge is 0.414 e. The molecule has 0 unspecified atom stereocenters. The third-order valence-electron chi connectivity index (χ3n) is 2.76. The van der Waals surface area contributed by atoms with Gasteiger partial charge in [0.1, 0.15) is 0 Å². The standard InChI is InChI=1S/C11H17F3N2O/c1-3-9(4-2)16-6-5-8(15-16)7-10(17)11(12,13)14/h5-6,9-10,17H,3-4,7H2,1-2H3/t10-/m0/s1. The molecule has 3 nitrogen and oxygen atoms in total. The topological polar surface area (TPSA) is 38.0 Å². The molecule has 0 aliphatic rings. The van der Waals surface area contributed by atoms with Gasteiger partial charge < -0.3 is 5.11 Å². The fourth-order valence-electron chi connectivity index (χ4n) is 1.67. The van der Waals surface area contributed by atoms with Crippen molar-refractivity contribution in [3.8, 4) is 0 Å². The smallest absolute Gasteiger partial charge is 0.383 e. The molecule has 6 heteroatoms. The van der Waals surface area contributed by atoms with Crippen LogP contribution in [-0.4, -0.2) is 27.2 Å². The summed E-state index contributed by atoms with van der Waals surface area (Å²) in [5.74, 6) is 0. The molecule has 0 spiro atoms. The first kappa shape index (κ1) is 14.0. The molecule has 1 aromatic heterocycles. The summed E-state index contributed by atoms with van der Waals surface area (Å²) >= 11 is 0. The summed E-state index contributed by atoms with van der Waals surface area (Å²) in [6, 6.07) is 1.72. The Morgan fingerprint density at radius 2 is 1.94 bits per heavy atom. The van der Waals surface area contributed by atoms with Gasteiger partial charge in [0.25, 0.3) is 0 Å². The molecule has 1 N–H and O–H groups in total. The summed E-state index contributed by atoms with van der Waals surface area (Å²) in [4.78, 5) is 0. The van der Waals surface area contributed by atoms with Crippen LogP contribution in [0.15, 0.2) is 12.3 Å². The van der Waals surface area contributed by atoms with Gasteiger partial charge >= 0.3 is 6.18 Å². The van der Waals surface area contributed by atoms with Crippen LogP contribution in [0.3, 0.4) is 0 Å². The highest BCUT2D eigenvalue weighted by Crippen LogP contribution is 2.23. The van der Waals surface area contributed by atoms with E-state index in [1.807, 2.05) is 13.8 Å². The van der Waals surface area contributed by atoms with E-state index in [1.54, 1.807) is 10.9 Å². The first-order valence-electron chi connectivity index (χ1n) is 5.67. The molecule has 0 saturated carbocycles. The molecule has 1 atom stereocenters. The van der Waals surface area contributed by atoms with E-state index in [1.165, 1.54) is 6.07 Å². The van der Waals surface area contributed by atoms with Crippen molar-refractivity contribution in [2.24, 2.45) is 0 Å². The summed E-state index contributed by atoms with van der Waals surface area (Å²) in [6.07, 6.45) is -4.00. The van der Waals surface area contributed by atoms with Crippen LogP contribution in [0.2, 0.25) is 0 Å². The molecule has 0 bridgehead atoms. The van der Waals surface area contributed by atoms with Gasteiger partial charge in [0.05, 0.1) is 11.7 Å². The Kier molecular flexibility index (Phi) is 4.56. The van der Waals surface area contributed by atoms with E-state index in [9.17, 15) is 13.2 Å². The maximum Gasteiger partial charge on any atom is 0.414 e. The Morgan fingerprint density at radius 3 is 2.41 bits per heavy atom. The van der Waals surface area contributed by atoms with E-state index in [0.29, 0.717) is 0 Å². The Morgan fingerprint density at radius 1 is 1.35 bits per heavy atom. The van der Waals surface area contributed by atoms with Crippen molar-refractivity contribution in [3.63, 3.8) is 0 Å². The molecular formula is C11H17F3N2O. The van der Waals surface area contributed by atoms with Gasteiger partial charge in [0, 0.05) is 12.6 Å². The molecule has 0 radical (unpaired) electrons. The summed E-state index contributed by atoms with van der Waals surface area (Å²) in [5, 5.41) is 13.0. The molecule has 0 aromatic carbocycles. The molecule has 1 rings (SSSR count). The van der Waals surface area contributed by atoms with Crippen molar-refractivity contribution in [1.82, 2.24) is 9.78 Å². The molecule has 0 fully saturated rings. The lowest BCUT2D eigenvalue weighted by Crippen LogP contribution is -2.30. The molecule has 17 heavy (non-hydrogen) atoms. The minimum absolute atomic E-state index is 0.201. The highest BCUT2D eigenvalue weighted by Gasteiger charge is 2.38. The predicted octanol–water partition coefficient (Wildman–Crippen LogP) is 2.71. The second kappa shape index (κ2) is 5.53. The summed E-state index contributed by atoms with van der Waals surface area (Å²) in [7, 11) is 0. The minimum Gasteiger partial charge on any atom is -0.383 e. The quantitative estimate of drug-likeness (QED) is 0.872. The van der Waals surface area contributed by atoms with Gasteiger partial charge in [-0.15, -0.1) is 0 Å². The van der Waals surface area contributed by atoms with E-state index in [2.05, 4.69) is 5.10 Å². The molecule has 1 aromatic rings. The second-order valence-corrected chi connectivity index (χ2v) is 4.02. The van der Waals surface area contributed by atoms with Gasteiger partial charge in [0.15, 0.2) is 6.10 Å². The average Bonchev–Trinajstić information content (AvgIpc) is 2.67. The number of aromatic nitrogens is 2. The van der Waals surface area contributed by atoms with Crippen LogP contribution >= 0.6 is 0 Å². The van der Waals surface area contributed by atoms with Crippen LogP contribution in [0, 0.1) is 0 Å². The zero-order valence-corrected chi connectivity index (χ0v) is 9.91. The van der Waals surface area contributed by atoms with Crippen LogP contribution in [0.25, 0.3) is 0 Å². The minimum atomic E-state index is -4.58. The fourth-order valence-corrected chi connectivity index (χ4v) is 1.67. The number of aliphatic hydroxyl groups excluding tert-OH is 1. The van der Waals surface area contributed by atoms with E-state index >= 15 is 0 Å². The van der Waals surface area contributed by atoms with Crippen LogP contribution in [-0.2, 0) is 6.42 Å². The molecule has 0 amide bonds. The van der Waals surface area contributed by atoms with Crippen molar-refractivity contribution >= 4 is 0 Å². The van der Waals surface area contributed by atoms with E-state index < -0.39 is 18.7 Å². The van der Waals surface area contributed by atoms with E-state index in [0.717, 1.165) is 12.8 Å². The van der Waals surface area contributed by atoms with Gasteiger partial charge in [-0.25, -0.2) is 0 Å². The second-order valence-electron chi connectivity index (χ2n) is 4.02. The Labute approximate surface area is 98.2 Å². The Hall–Kier alpha value is -1.04. The number of halogens is 3. The first-order chi connectivity index (χ1) is 7.88. The number of nitrogens with zero attached hydrogens (tertiary/aromatic N) is 2. The van der Waals surface area contributed by atoms with Gasteiger partial charge in [-0.1, -0.05) is 13.8 Å². The first-order valence-corrected chi connectivity index (χ1v) is 5.67. The lowest BCUT2D eigenvalue weighted by molar-refractivity contribution is -0.203. The third-order valence-corrected chi connectivity index (χ3v) is 2.76. The lowest BCUT2D eigenvalue weighted by atomic mass is 10.2. The third kappa shape index (κ3) is 3.73. The van der Waals surface area contributed by atoms with Crippen molar-refractivity contribution in [2.75, 3.05) is 0 Å². The zero-order chi connectivity index (χ0) is 13.1. The van der Waals surface area contributed by atoms with Gasteiger partial charge in [-0.2, -0.15) is 18.3 Å². The van der Waals surface area contributed by atoms with E-state index in [4.69, 9.17) is 5.11 Å². The number of alkyl halides is 3. The lowest BCUT2D eigenvalue weighted by Gasteiger charge is -2.14. The van der Waals surface area contributed by atoms with Gasteiger partial charge in [-0.3, -0.25) is 4.68 Å². The maximum atomic E-state index is 12.1. The predicted molar refractivity (Wildman–Crippen MR) is 57.6 cm³/mol. The number of hydrogen-bond donors (Lipinski definition) is 1. The summed E-state index contributed by atoms with van der Waals surface area (Å²) in [6.45, 7) is 4.00.